The minimum Gasteiger partial charge on any atom is -0.324 e. The number of carbonyl (C=O) groups excluding carboxylic acids is 1. The van der Waals surface area contributed by atoms with E-state index in [9.17, 15) is 4.79 Å². The number of halogens is 2. The van der Waals surface area contributed by atoms with Crippen LogP contribution in [-0.4, -0.2) is 19.0 Å². The van der Waals surface area contributed by atoms with E-state index in [0.717, 1.165) is 25.9 Å². The molecule has 1 heterocycles. The maximum atomic E-state index is 12.0. The van der Waals surface area contributed by atoms with Gasteiger partial charge in [-0.1, -0.05) is 29.3 Å². The molecule has 1 aromatic carbocycles. The van der Waals surface area contributed by atoms with Crippen molar-refractivity contribution in [3.63, 3.8) is 0 Å². The van der Waals surface area contributed by atoms with Crippen molar-refractivity contribution in [1.82, 2.24) is 5.32 Å². The number of hydrogen-bond acceptors (Lipinski definition) is 2. The van der Waals surface area contributed by atoms with Crippen LogP contribution in [0.1, 0.15) is 12.8 Å². The molecule has 1 saturated heterocycles. The minimum absolute atomic E-state index is 0.00127. The van der Waals surface area contributed by atoms with Crippen LogP contribution in [0, 0.1) is 5.92 Å². The fourth-order valence-electron chi connectivity index (χ4n) is 1.91. The molecule has 1 aliphatic rings. The highest BCUT2D eigenvalue weighted by atomic mass is 35.5. The third-order valence-electron chi connectivity index (χ3n) is 2.88. The topological polar surface area (TPSA) is 41.1 Å². The minimum atomic E-state index is 0.00127. The van der Waals surface area contributed by atoms with Gasteiger partial charge >= 0.3 is 0 Å². The standard InChI is InChI=1S/C12H14Cl2N2O/c13-9-4-1-5-10(11(9)14)16-12(17)8-3-2-6-15-7-8/h1,4-5,8,15H,2-3,6-7H2,(H,16,17)/t8-/m1/s1. The number of carbonyl (C=O) groups is 1. The summed E-state index contributed by atoms with van der Waals surface area (Å²) in [6.07, 6.45) is 1.94. The van der Waals surface area contributed by atoms with Crippen molar-refractivity contribution >= 4 is 34.8 Å². The fraction of sp³-hybridized carbons (Fsp3) is 0.417. The molecule has 3 nitrogen and oxygen atoms in total. The Balaban J connectivity index is 2.04. The van der Waals surface area contributed by atoms with E-state index >= 15 is 0 Å². The molecule has 92 valence electrons. The van der Waals surface area contributed by atoms with Crippen LogP contribution in [0.3, 0.4) is 0 Å². The first-order chi connectivity index (χ1) is 8.18. The molecule has 1 fully saturated rings. The van der Waals surface area contributed by atoms with E-state index in [2.05, 4.69) is 10.6 Å². The highest BCUT2D eigenvalue weighted by Gasteiger charge is 2.21. The van der Waals surface area contributed by atoms with Crippen molar-refractivity contribution in [2.24, 2.45) is 5.92 Å². The third-order valence-corrected chi connectivity index (χ3v) is 3.70. The highest BCUT2D eigenvalue weighted by Crippen LogP contribution is 2.30. The molecule has 17 heavy (non-hydrogen) atoms. The molecular weight excluding hydrogens is 259 g/mol. The zero-order chi connectivity index (χ0) is 12.3. The Bertz CT molecular complexity index is 417. The molecule has 0 radical (unpaired) electrons. The fourth-order valence-corrected chi connectivity index (χ4v) is 2.26. The van der Waals surface area contributed by atoms with Crippen molar-refractivity contribution in [2.75, 3.05) is 18.4 Å². The van der Waals surface area contributed by atoms with Gasteiger partial charge in [0.25, 0.3) is 0 Å². The Kier molecular flexibility index (Phi) is 4.26. The first-order valence-electron chi connectivity index (χ1n) is 5.64. The second-order valence-corrected chi connectivity index (χ2v) is 4.92. The van der Waals surface area contributed by atoms with Crippen LogP contribution in [0.2, 0.25) is 10.0 Å². The maximum Gasteiger partial charge on any atom is 0.228 e. The molecule has 2 N–H and O–H groups in total. The van der Waals surface area contributed by atoms with Gasteiger partial charge in [-0.15, -0.1) is 0 Å². The number of benzene rings is 1. The number of hydrogen-bond donors (Lipinski definition) is 2. The summed E-state index contributed by atoms with van der Waals surface area (Å²) >= 11 is 11.9. The molecule has 5 heteroatoms. The van der Waals surface area contributed by atoms with Crippen molar-refractivity contribution in [3.8, 4) is 0 Å². The predicted octanol–water partition coefficient (Wildman–Crippen LogP) is 2.93. The summed E-state index contributed by atoms with van der Waals surface area (Å²) in [5.74, 6) is 0.0140. The molecule has 0 aromatic heterocycles. The van der Waals surface area contributed by atoms with E-state index < -0.39 is 0 Å². The normalized spacial score (nSPS) is 20.0. The zero-order valence-corrected chi connectivity index (χ0v) is 10.8. The van der Waals surface area contributed by atoms with E-state index in [4.69, 9.17) is 23.2 Å². The lowest BCUT2D eigenvalue weighted by atomic mass is 9.99. The number of amides is 1. The van der Waals surface area contributed by atoms with Gasteiger partial charge in [-0.25, -0.2) is 0 Å². The van der Waals surface area contributed by atoms with Gasteiger partial charge in [0, 0.05) is 6.54 Å². The van der Waals surface area contributed by atoms with Gasteiger partial charge in [0.1, 0.15) is 0 Å². The third kappa shape index (κ3) is 3.12. The number of anilines is 1. The van der Waals surface area contributed by atoms with Gasteiger partial charge in [-0.3, -0.25) is 4.79 Å². The van der Waals surface area contributed by atoms with Crippen LogP contribution >= 0.6 is 23.2 Å². The molecule has 1 atom stereocenters. The largest absolute Gasteiger partial charge is 0.324 e. The molecule has 1 aliphatic heterocycles. The van der Waals surface area contributed by atoms with Gasteiger partial charge in [0.15, 0.2) is 0 Å². The SMILES string of the molecule is O=C(Nc1cccc(Cl)c1Cl)[C@@H]1CCCNC1. The van der Waals surface area contributed by atoms with Crippen LogP contribution in [0.5, 0.6) is 0 Å². The van der Waals surface area contributed by atoms with Crippen LogP contribution in [-0.2, 0) is 4.79 Å². The Morgan fingerprint density at radius 1 is 1.41 bits per heavy atom. The van der Waals surface area contributed by atoms with Gasteiger partial charge in [-0.2, -0.15) is 0 Å². The molecule has 0 bridgehead atoms. The lowest BCUT2D eigenvalue weighted by molar-refractivity contribution is -0.120. The Hall–Kier alpha value is -0.770. The second kappa shape index (κ2) is 5.71. The molecule has 0 saturated carbocycles. The van der Waals surface area contributed by atoms with E-state index in [-0.39, 0.29) is 11.8 Å². The molecule has 0 aliphatic carbocycles. The Labute approximate surface area is 110 Å². The number of nitrogens with one attached hydrogen (secondary N) is 2. The van der Waals surface area contributed by atoms with Crippen LogP contribution in [0.15, 0.2) is 18.2 Å². The number of piperidine rings is 1. The molecule has 1 amide bonds. The molecule has 1 aromatic rings. The average molecular weight is 273 g/mol. The quantitative estimate of drug-likeness (QED) is 0.869. The predicted molar refractivity (Wildman–Crippen MR) is 70.7 cm³/mol. The van der Waals surface area contributed by atoms with Crippen LogP contribution in [0.25, 0.3) is 0 Å². The van der Waals surface area contributed by atoms with Crippen molar-refractivity contribution < 1.29 is 4.79 Å². The lowest BCUT2D eigenvalue weighted by Gasteiger charge is -2.22. The molecule has 2 rings (SSSR count). The maximum absolute atomic E-state index is 12.0. The highest BCUT2D eigenvalue weighted by molar-refractivity contribution is 6.43. The average Bonchev–Trinajstić information content (AvgIpc) is 2.36. The van der Waals surface area contributed by atoms with Crippen LogP contribution in [0.4, 0.5) is 5.69 Å². The molecular formula is C12H14Cl2N2O. The summed E-state index contributed by atoms with van der Waals surface area (Å²) in [6.45, 7) is 1.71. The van der Waals surface area contributed by atoms with Gasteiger partial charge in [-0.05, 0) is 31.5 Å². The van der Waals surface area contributed by atoms with Crippen molar-refractivity contribution in [2.45, 2.75) is 12.8 Å². The van der Waals surface area contributed by atoms with Crippen molar-refractivity contribution in [1.29, 1.82) is 0 Å². The zero-order valence-electron chi connectivity index (χ0n) is 9.30. The summed E-state index contributed by atoms with van der Waals surface area (Å²) in [6, 6.07) is 5.22. The monoisotopic (exact) mass is 272 g/mol. The van der Waals surface area contributed by atoms with E-state index in [1.54, 1.807) is 18.2 Å². The lowest BCUT2D eigenvalue weighted by Crippen LogP contribution is -2.37. The summed E-state index contributed by atoms with van der Waals surface area (Å²) < 4.78 is 0. The summed E-state index contributed by atoms with van der Waals surface area (Å²) in [7, 11) is 0. The summed E-state index contributed by atoms with van der Waals surface area (Å²) in [5.41, 5.74) is 0.578. The first kappa shape index (κ1) is 12.7. The Morgan fingerprint density at radius 3 is 2.94 bits per heavy atom. The van der Waals surface area contributed by atoms with E-state index in [1.165, 1.54) is 0 Å². The molecule has 0 spiro atoms. The van der Waals surface area contributed by atoms with Crippen LogP contribution < -0.4 is 10.6 Å². The molecule has 0 unspecified atom stereocenters. The second-order valence-electron chi connectivity index (χ2n) is 4.13. The van der Waals surface area contributed by atoms with E-state index in [1.807, 2.05) is 0 Å². The van der Waals surface area contributed by atoms with E-state index in [0.29, 0.717) is 15.7 Å². The summed E-state index contributed by atoms with van der Waals surface area (Å²) in [4.78, 5) is 12.0. The summed E-state index contributed by atoms with van der Waals surface area (Å²) in [5, 5.41) is 6.88. The van der Waals surface area contributed by atoms with Gasteiger partial charge < -0.3 is 10.6 Å². The Morgan fingerprint density at radius 2 is 2.24 bits per heavy atom. The van der Waals surface area contributed by atoms with Gasteiger partial charge in [0.05, 0.1) is 21.7 Å². The van der Waals surface area contributed by atoms with Crippen molar-refractivity contribution in [3.05, 3.63) is 28.2 Å². The number of rotatable bonds is 2. The van der Waals surface area contributed by atoms with Gasteiger partial charge in [0.2, 0.25) is 5.91 Å². The smallest absolute Gasteiger partial charge is 0.228 e. The first-order valence-corrected chi connectivity index (χ1v) is 6.39.